The zero-order chi connectivity index (χ0) is 24.6. The van der Waals surface area contributed by atoms with Crippen LogP contribution in [0, 0.1) is 6.92 Å². The summed E-state index contributed by atoms with van der Waals surface area (Å²) in [4.78, 5) is 29.4. The largest absolute Gasteiger partial charge is 0.496 e. The number of carbonyl (C=O) groups excluding carboxylic acids is 2. The Morgan fingerprint density at radius 1 is 1.03 bits per heavy atom. The molecule has 1 aromatic heterocycles. The molecule has 0 bridgehead atoms. The number of methoxy groups -OCH3 is 1. The van der Waals surface area contributed by atoms with Gasteiger partial charge in [0.25, 0.3) is 5.91 Å². The van der Waals surface area contributed by atoms with Gasteiger partial charge in [0.15, 0.2) is 0 Å². The van der Waals surface area contributed by atoms with E-state index in [-0.39, 0.29) is 11.8 Å². The molecule has 6 nitrogen and oxygen atoms in total. The van der Waals surface area contributed by atoms with Crippen LogP contribution in [0.4, 0.5) is 0 Å². The Kier molecular flexibility index (Phi) is 5.81. The van der Waals surface area contributed by atoms with Gasteiger partial charge < -0.3 is 19.5 Å². The second-order valence-corrected chi connectivity index (χ2v) is 9.32. The van der Waals surface area contributed by atoms with Crippen LogP contribution < -0.4 is 10.1 Å². The Labute approximate surface area is 205 Å². The number of hydrogen-bond donors (Lipinski definition) is 1. The van der Waals surface area contributed by atoms with Crippen LogP contribution in [0.15, 0.2) is 78.9 Å². The topological polar surface area (TPSA) is 63.6 Å². The van der Waals surface area contributed by atoms with Crippen molar-refractivity contribution in [1.29, 1.82) is 0 Å². The molecule has 1 N–H and O–H groups in total. The molecular weight excluding hydrogens is 438 g/mol. The van der Waals surface area contributed by atoms with Crippen LogP contribution >= 0.6 is 0 Å². The molecule has 2 amide bonds. The lowest BCUT2D eigenvalue weighted by atomic mass is 9.93. The predicted octanol–water partition coefficient (Wildman–Crippen LogP) is 4.69. The molecule has 0 saturated carbocycles. The van der Waals surface area contributed by atoms with Gasteiger partial charge >= 0.3 is 0 Å². The first-order chi connectivity index (χ1) is 16.9. The van der Waals surface area contributed by atoms with Gasteiger partial charge in [-0.2, -0.15) is 0 Å². The van der Waals surface area contributed by atoms with Gasteiger partial charge in [0.05, 0.1) is 13.7 Å². The molecule has 6 heteroatoms. The van der Waals surface area contributed by atoms with E-state index in [1.807, 2.05) is 97.3 Å². The van der Waals surface area contributed by atoms with E-state index in [4.69, 9.17) is 4.74 Å². The molecule has 1 aliphatic rings. The van der Waals surface area contributed by atoms with Crippen LogP contribution in [-0.2, 0) is 24.4 Å². The zero-order valence-corrected chi connectivity index (χ0v) is 20.2. The lowest BCUT2D eigenvalue weighted by Gasteiger charge is -2.44. The lowest BCUT2D eigenvalue weighted by Crippen LogP contribution is -2.63. The van der Waals surface area contributed by atoms with Crippen LogP contribution in [0.1, 0.15) is 34.1 Å². The number of nitrogens with one attached hydrogen (secondary N) is 1. The standard InChI is InChI=1S/C29H29N3O3/c1-20-12-14-21(15-13-20)18-32-27(33)25-16-22-8-4-6-10-24(22)31(25)19-29(32,2)28(34)30-17-23-9-5-7-11-26(23)35-3/h4-16H,17-19H2,1-3H3,(H,30,34)/t29-/m0/s1. The Morgan fingerprint density at radius 3 is 2.51 bits per heavy atom. The summed E-state index contributed by atoms with van der Waals surface area (Å²) in [6.45, 7) is 4.91. The molecule has 2 heterocycles. The number of carbonyl (C=O) groups is 2. The Bertz CT molecular complexity index is 1410. The van der Waals surface area contributed by atoms with Crippen molar-refractivity contribution in [3.8, 4) is 5.75 Å². The van der Waals surface area contributed by atoms with E-state index in [9.17, 15) is 9.59 Å². The number of para-hydroxylation sites is 2. The molecule has 5 rings (SSSR count). The second-order valence-electron chi connectivity index (χ2n) is 9.32. The van der Waals surface area contributed by atoms with Gasteiger partial charge in [0.2, 0.25) is 5.91 Å². The summed E-state index contributed by atoms with van der Waals surface area (Å²) in [5, 5.41) is 4.06. The summed E-state index contributed by atoms with van der Waals surface area (Å²) in [6.07, 6.45) is 0. The maximum Gasteiger partial charge on any atom is 0.271 e. The van der Waals surface area contributed by atoms with Crippen molar-refractivity contribution in [2.75, 3.05) is 7.11 Å². The first-order valence-corrected chi connectivity index (χ1v) is 11.8. The molecule has 0 fully saturated rings. The molecular formula is C29H29N3O3. The van der Waals surface area contributed by atoms with Crippen LogP contribution in [-0.4, -0.2) is 33.9 Å². The number of aromatic nitrogens is 1. The first kappa shape index (κ1) is 22.7. The SMILES string of the molecule is COc1ccccc1CNC(=O)[C@]1(C)Cn2c(cc3ccccc32)C(=O)N1Cc1ccc(C)cc1. The monoisotopic (exact) mass is 467 g/mol. The molecule has 4 aromatic rings. The third-order valence-electron chi connectivity index (χ3n) is 6.92. The quantitative estimate of drug-likeness (QED) is 0.448. The number of benzene rings is 3. The normalized spacial score (nSPS) is 17.3. The van der Waals surface area contributed by atoms with E-state index in [1.54, 1.807) is 12.0 Å². The summed E-state index contributed by atoms with van der Waals surface area (Å²) in [7, 11) is 1.61. The molecule has 35 heavy (non-hydrogen) atoms. The number of rotatable bonds is 6. The molecule has 0 radical (unpaired) electrons. The highest BCUT2D eigenvalue weighted by Gasteiger charge is 2.47. The minimum atomic E-state index is -1.08. The van der Waals surface area contributed by atoms with Crippen molar-refractivity contribution >= 4 is 22.7 Å². The van der Waals surface area contributed by atoms with Crippen molar-refractivity contribution in [1.82, 2.24) is 14.8 Å². The summed E-state index contributed by atoms with van der Waals surface area (Å²) < 4.78 is 7.42. The third-order valence-corrected chi connectivity index (χ3v) is 6.92. The Hall–Kier alpha value is -4.06. The van der Waals surface area contributed by atoms with Crippen molar-refractivity contribution in [3.05, 3.63) is 101 Å². The molecule has 3 aromatic carbocycles. The summed E-state index contributed by atoms with van der Waals surface area (Å²) in [5.74, 6) is 0.364. The van der Waals surface area contributed by atoms with Gasteiger partial charge in [0.1, 0.15) is 17.0 Å². The van der Waals surface area contributed by atoms with E-state index < -0.39 is 5.54 Å². The summed E-state index contributed by atoms with van der Waals surface area (Å²) >= 11 is 0. The Morgan fingerprint density at radius 2 is 1.74 bits per heavy atom. The van der Waals surface area contributed by atoms with Gasteiger partial charge in [-0.1, -0.05) is 66.2 Å². The average Bonchev–Trinajstić information content (AvgIpc) is 3.24. The molecule has 1 atom stereocenters. The average molecular weight is 468 g/mol. The van der Waals surface area contributed by atoms with Gasteiger partial charge in [-0.3, -0.25) is 9.59 Å². The molecule has 0 spiro atoms. The lowest BCUT2D eigenvalue weighted by molar-refractivity contribution is -0.133. The maximum atomic E-state index is 13.9. The van der Waals surface area contributed by atoms with Gasteiger partial charge in [-0.15, -0.1) is 0 Å². The van der Waals surface area contributed by atoms with Crippen LogP contribution in [0.5, 0.6) is 5.75 Å². The minimum absolute atomic E-state index is 0.150. The van der Waals surface area contributed by atoms with E-state index in [2.05, 4.69) is 5.32 Å². The summed E-state index contributed by atoms with van der Waals surface area (Å²) in [6, 6.07) is 25.5. The number of hydrogen-bond acceptors (Lipinski definition) is 3. The van der Waals surface area contributed by atoms with Crippen LogP contribution in [0.2, 0.25) is 0 Å². The Balaban J connectivity index is 1.52. The van der Waals surface area contributed by atoms with Crippen LogP contribution in [0.3, 0.4) is 0 Å². The fraction of sp³-hybridized carbons (Fsp3) is 0.241. The molecule has 178 valence electrons. The third kappa shape index (κ3) is 4.05. The van der Waals surface area contributed by atoms with E-state index in [1.165, 1.54) is 0 Å². The van der Waals surface area contributed by atoms with Crippen molar-refractivity contribution < 1.29 is 14.3 Å². The maximum absolute atomic E-state index is 13.9. The smallest absolute Gasteiger partial charge is 0.271 e. The zero-order valence-electron chi connectivity index (χ0n) is 20.2. The first-order valence-electron chi connectivity index (χ1n) is 11.8. The highest BCUT2D eigenvalue weighted by molar-refractivity contribution is 6.03. The minimum Gasteiger partial charge on any atom is -0.496 e. The fourth-order valence-electron chi connectivity index (χ4n) is 4.85. The number of fused-ring (bicyclic) bond motifs is 3. The van der Waals surface area contributed by atoms with E-state index in [0.717, 1.165) is 27.6 Å². The summed E-state index contributed by atoms with van der Waals surface area (Å²) in [5.41, 5.74) is 3.49. The fourth-order valence-corrected chi connectivity index (χ4v) is 4.85. The van der Waals surface area contributed by atoms with E-state index in [0.29, 0.717) is 31.1 Å². The molecule has 0 unspecified atom stereocenters. The molecule has 0 aliphatic carbocycles. The van der Waals surface area contributed by atoms with Crippen molar-refractivity contribution in [3.63, 3.8) is 0 Å². The van der Waals surface area contributed by atoms with Crippen molar-refractivity contribution in [2.24, 2.45) is 0 Å². The highest BCUT2D eigenvalue weighted by Crippen LogP contribution is 2.33. The molecule has 0 saturated heterocycles. The number of nitrogens with zero attached hydrogens (tertiary/aromatic N) is 2. The van der Waals surface area contributed by atoms with Gasteiger partial charge in [-0.05, 0) is 37.6 Å². The number of ether oxygens (including phenoxy) is 1. The van der Waals surface area contributed by atoms with E-state index >= 15 is 0 Å². The number of amides is 2. The highest BCUT2D eigenvalue weighted by atomic mass is 16.5. The van der Waals surface area contributed by atoms with Crippen molar-refractivity contribution in [2.45, 2.75) is 39.0 Å². The second kappa shape index (κ2) is 8.95. The van der Waals surface area contributed by atoms with Gasteiger partial charge in [0, 0.05) is 29.6 Å². The number of aryl methyl sites for hydroxylation is 1. The van der Waals surface area contributed by atoms with Gasteiger partial charge in [-0.25, -0.2) is 0 Å². The molecule has 1 aliphatic heterocycles. The predicted molar refractivity (Wildman–Crippen MR) is 136 cm³/mol. The van der Waals surface area contributed by atoms with Crippen LogP contribution in [0.25, 0.3) is 10.9 Å².